The second-order valence-corrected chi connectivity index (χ2v) is 4.80. The zero-order valence-corrected chi connectivity index (χ0v) is 11.2. The Kier molecular flexibility index (Phi) is 4.06. The van der Waals surface area contributed by atoms with Gasteiger partial charge in [-0.2, -0.15) is 0 Å². The van der Waals surface area contributed by atoms with Crippen molar-refractivity contribution < 1.29 is 19.6 Å². The lowest BCUT2D eigenvalue weighted by molar-refractivity contribution is -0.388. The van der Waals surface area contributed by atoms with Crippen molar-refractivity contribution in [3.05, 3.63) is 45.0 Å². The smallest absolute Gasteiger partial charge is 0.382 e. The van der Waals surface area contributed by atoms with Crippen molar-refractivity contribution in [1.29, 1.82) is 0 Å². The van der Waals surface area contributed by atoms with Crippen LogP contribution in [0.3, 0.4) is 0 Å². The molecule has 1 aromatic carbocycles. The molecule has 2 aromatic rings. The molecule has 20 heavy (non-hydrogen) atoms. The van der Waals surface area contributed by atoms with Crippen LogP contribution in [-0.4, -0.2) is 28.1 Å². The summed E-state index contributed by atoms with van der Waals surface area (Å²) in [6.07, 6.45) is 0. The monoisotopic (exact) mass is 294 g/mol. The Hall–Kier alpha value is -2.32. The van der Waals surface area contributed by atoms with E-state index in [4.69, 9.17) is 5.11 Å². The molecule has 104 valence electrons. The Labute approximate surface area is 117 Å². The molecule has 0 spiro atoms. The number of aliphatic hydroxyl groups is 1. The first-order valence-electron chi connectivity index (χ1n) is 5.51. The van der Waals surface area contributed by atoms with Crippen LogP contribution in [0.1, 0.15) is 15.4 Å². The molecule has 0 saturated carbocycles. The van der Waals surface area contributed by atoms with Gasteiger partial charge < -0.3 is 20.0 Å². The minimum absolute atomic E-state index is 0.214. The summed E-state index contributed by atoms with van der Waals surface area (Å²) in [5, 5.41) is 20.3. The summed E-state index contributed by atoms with van der Waals surface area (Å²) in [6, 6.07) is 6.39. The highest BCUT2D eigenvalue weighted by Gasteiger charge is 2.26. The average molecular weight is 294 g/mol. The summed E-state index contributed by atoms with van der Waals surface area (Å²) in [6.45, 7) is -0.397. The van der Waals surface area contributed by atoms with Gasteiger partial charge in [0.05, 0.1) is 12.7 Å². The van der Waals surface area contributed by atoms with E-state index in [1.165, 1.54) is 13.2 Å². The van der Waals surface area contributed by atoms with Gasteiger partial charge in [0.15, 0.2) is 0 Å². The summed E-state index contributed by atoms with van der Waals surface area (Å²) >= 11 is 0.972. The van der Waals surface area contributed by atoms with Gasteiger partial charge in [0.25, 0.3) is 0 Å². The van der Waals surface area contributed by atoms with Crippen LogP contribution in [0.5, 0.6) is 0 Å². The maximum absolute atomic E-state index is 11.7. The van der Waals surface area contributed by atoms with Gasteiger partial charge in [-0.3, -0.25) is 0 Å². The van der Waals surface area contributed by atoms with Crippen LogP contribution >= 0.6 is 11.3 Å². The van der Waals surface area contributed by atoms with Gasteiger partial charge in [0.1, 0.15) is 11.5 Å². The van der Waals surface area contributed by atoms with Gasteiger partial charge in [-0.25, -0.2) is 4.79 Å². The number of nitrogens with zero attached hydrogens (tertiary/aromatic N) is 2. The van der Waals surface area contributed by atoms with Gasteiger partial charge in [-0.05, 0) is 16.0 Å². The minimum Gasteiger partial charge on any atom is -0.465 e. The van der Waals surface area contributed by atoms with Gasteiger partial charge in [-0.15, -0.1) is 0 Å². The van der Waals surface area contributed by atoms with Crippen molar-refractivity contribution in [2.24, 2.45) is 0 Å². The fourth-order valence-electron chi connectivity index (χ4n) is 1.69. The number of nitro groups is 1. The van der Waals surface area contributed by atoms with E-state index in [9.17, 15) is 14.9 Å². The highest BCUT2D eigenvalue weighted by molar-refractivity contribution is 7.15. The molecule has 7 nitrogen and oxygen atoms in total. The molecule has 0 amide bonds. The standard InChI is InChI=1S/C12H10N2O5S/c1-19-12(16)8-5-3-2-4-7(8)10-11(14(17)18)13-9(6-15)20-10/h2-5,15H,6H2,1H3. The summed E-state index contributed by atoms with van der Waals surface area (Å²) < 4.78 is 4.66. The number of hydrogen-bond acceptors (Lipinski definition) is 7. The van der Waals surface area contributed by atoms with Crippen LogP contribution in [0.15, 0.2) is 24.3 Å². The van der Waals surface area contributed by atoms with Crippen LogP contribution in [0.25, 0.3) is 10.4 Å². The summed E-state index contributed by atoms with van der Waals surface area (Å²) in [4.78, 5) is 26.1. The van der Waals surface area contributed by atoms with Crippen LogP contribution in [0.2, 0.25) is 0 Å². The molecule has 0 atom stereocenters. The summed E-state index contributed by atoms with van der Waals surface area (Å²) in [5.41, 5.74) is 0.578. The molecule has 0 aliphatic rings. The van der Waals surface area contributed by atoms with Crippen molar-refractivity contribution in [2.45, 2.75) is 6.61 Å². The van der Waals surface area contributed by atoms with Crippen LogP contribution in [-0.2, 0) is 11.3 Å². The molecule has 8 heteroatoms. The molecule has 0 aliphatic heterocycles. The van der Waals surface area contributed by atoms with Crippen molar-refractivity contribution in [2.75, 3.05) is 7.11 Å². The zero-order valence-electron chi connectivity index (χ0n) is 10.4. The number of hydrogen-bond donors (Lipinski definition) is 1. The van der Waals surface area contributed by atoms with Crippen molar-refractivity contribution in [1.82, 2.24) is 4.98 Å². The summed E-state index contributed by atoms with van der Waals surface area (Å²) in [7, 11) is 1.24. The molecule has 0 saturated heterocycles. The fourth-order valence-corrected chi connectivity index (χ4v) is 2.62. The molecule has 0 aliphatic carbocycles. The first kappa shape index (κ1) is 14.1. The number of rotatable bonds is 4. The molecule has 2 rings (SSSR count). The Morgan fingerprint density at radius 3 is 2.80 bits per heavy atom. The second kappa shape index (κ2) is 5.76. The van der Waals surface area contributed by atoms with E-state index in [1.807, 2.05) is 0 Å². The predicted octanol–water partition coefficient (Wildman–Crippen LogP) is 2.00. The molecule has 1 aromatic heterocycles. The van der Waals surface area contributed by atoms with Gasteiger partial charge in [0, 0.05) is 5.56 Å². The van der Waals surface area contributed by atoms with Crippen molar-refractivity contribution in [3.8, 4) is 10.4 Å². The van der Waals surface area contributed by atoms with Gasteiger partial charge in [-0.1, -0.05) is 29.5 Å². The lowest BCUT2D eigenvalue weighted by Crippen LogP contribution is -2.03. The van der Waals surface area contributed by atoms with Crippen LogP contribution in [0, 0.1) is 10.1 Å². The molecule has 0 bridgehead atoms. The largest absolute Gasteiger partial charge is 0.465 e. The molecular weight excluding hydrogens is 284 g/mol. The number of aromatic nitrogens is 1. The normalized spacial score (nSPS) is 10.3. The number of esters is 1. The Bertz CT molecular complexity index is 668. The first-order chi connectivity index (χ1) is 9.58. The lowest BCUT2D eigenvalue weighted by atomic mass is 10.1. The second-order valence-electron chi connectivity index (χ2n) is 3.71. The molecule has 0 fully saturated rings. The first-order valence-corrected chi connectivity index (χ1v) is 6.32. The van der Waals surface area contributed by atoms with E-state index < -0.39 is 17.5 Å². The third-order valence-corrected chi connectivity index (χ3v) is 3.60. The Balaban J connectivity index is 2.65. The fraction of sp³-hybridized carbons (Fsp3) is 0.167. The van der Waals surface area contributed by atoms with Crippen molar-refractivity contribution >= 4 is 23.1 Å². The highest BCUT2D eigenvalue weighted by Crippen LogP contribution is 2.37. The molecule has 1 heterocycles. The van der Waals surface area contributed by atoms with E-state index in [1.54, 1.807) is 18.2 Å². The topological polar surface area (TPSA) is 103 Å². The number of carbonyl (C=O) groups is 1. The average Bonchev–Trinajstić information content (AvgIpc) is 2.90. The maximum Gasteiger partial charge on any atom is 0.382 e. The van der Waals surface area contributed by atoms with E-state index in [2.05, 4.69) is 9.72 Å². The third-order valence-electron chi connectivity index (χ3n) is 2.54. The van der Waals surface area contributed by atoms with Gasteiger partial charge in [0.2, 0.25) is 5.01 Å². The van der Waals surface area contributed by atoms with E-state index >= 15 is 0 Å². The lowest BCUT2D eigenvalue weighted by Gasteiger charge is -2.05. The number of methoxy groups -OCH3 is 1. The number of carbonyl (C=O) groups excluding carboxylic acids is 1. The van der Waals surface area contributed by atoms with E-state index in [0.29, 0.717) is 5.56 Å². The molecule has 0 unspecified atom stereocenters. The van der Waals surface area contributed by atoms with Crippen molar-refractivity contribution in [3.63, 3.8) is 0 Å². The summed E-state index contributed by atoms with van der Waals surface area (Å²) in [5.74, 6) is -0.968. The quantitative estimate of drug-likeness (QED) is 0.525. The number of ether oxygens (including phenoxy) is 1. The predicted molar refractivity (Wildman–Crippen MR) is 71.5 cm³/mol. The van der Waals surface area contributed by atoms with E-state index in [0.717, 1.165) is 11.3 Å². The SMILES string of the molecule is COC(=O)c1ccccc1-c1sc(CO)nc1[N+](=O)[O-]. The van der Waals surface area contributed by atoms with Crippen LogP contribution in [0.4, 0.5) is 5.82 Å². The number of thiazole rings is 1. The maximum atomic E-state index is 11.7. The molecule has 1 N–H and O–H groups in total. The zero-order chi connectivity index (χ0) is 14.7. The number of aliphatic hydroxyl groups excluding tert-OH is 1. The third kappa shape index (κ3) is 2.51. The molecule has 0 radical (unpaired) electrons. The Morgan fingerprint density at radius 2 is 2.20 bits per heavy atom. The number of benzene rings is 1. The highest BCUT2D eigenvalue weighted by atomic mass is 32.1. The van der Waals surface area contributed by atoms with Crippen LogP contribution < -0.4 is 0 Å². The Morgan fingerprint density at radius 1 is 1.50 bits per heavy atom. The minimum atomic E-state index is -0.640. The van der Waals surface area contributed by atoms with Gasteiger partial charge >= 0.3 is 11.8 Å². The molecular formula is C12H10N2O5S. The van der Waals surface area contributed by atoms with E-state index in [-0.39, 0.29) is 21.3 Å².